The topological polar surface area (TPSA) is 33.7 Å². The van der Waals surface area contributed by atoms with E-state index in [-0.39, 0.29) is 12.4 Å². The summed E-state index contributed by atoms with van der Waals surface area (Å²) in [6.07, 6.45) is 2.54. The molecule has 1 saturated heterocycles. The van der Waals surface area contributed by atoms with E-state index in [1.165, 1.54) is 24.9 Å². The number of para-hydroxylation sites is 1. The predicted molar refractivity (Wildman–Crippen MR) is 77.2 cm³/mol. The van der Waals surface area contributed by atoms with Gasteiger partial charge in [-0.3, -0.25) is 4.90 Å². The third-order valence-corrected chi connectivity index (χ3v) is 3.79. The Kier molecular flexibility index (Phi) is 4.91. The molecule has 1 unspecified atom stereocenters. The number of piperidine rings is 1. The molecule has 2 heterocycles. The Morgan fingerprint density at radius 2 is 2.26 bits per heavy atom. The molecule has 0 radical (unpaired) electrons. The van der Waals surface area contributed by atoms with Gasteiger partial charge in [-0.2, -0.15) is 0 Å². The molecule has 2 aliphatic rings. The average molecular weight is 285 g/mol. The summed E-state index contributed by atoms with van der Waals surface area (Å²) in [4.78, 5) is 2.49. The summed E-state index contributed by atoms with van der Waals surface area (Å²) in [5, 5.41) is 3.37. The van der Waals surface area contributed by atoms with Crippen LogP contribution in [0.1, 0.15) is 18.4 Å². The van der Waals surface area contributed by atoms with Gasteiger partial charge in [-0.25, -0.2) is 0 Å². The molecule has 5 heteroatoms. The van der Waals surface area contributed by atoms with Crippen molar-refractivity contribution in [1.82, 2.24) is 10.2 Å². The number of hydrogen-bond donors (Lipinski definition) is 1. The molecule has 19 heavy (non-hydrogen) atoms. The molecule has 0 bridgehead atoms. The van der Waals surface area contributed by atoms with Crippen molar-refractivity contribution in [3.8, 4) is 11.5 Å². The molecule has 0 aromatic heterocycles. The Morgan fingerprint density at radius 1 is 1.37 bits per heavy atom. The van der Waals surface area contributed by atoms with Crippen LogP contribution in [0, 0.1) is 0 Å². The maximum atomic E-state index is 5.56. The maximum Gasteiger partial charge on any atom is 0.231 e. The second-order valence-electron chi connectivity index (χ2n) is 5.01. The van der Waals surface area contributed by atoms with Crippen LogP contribution in [-0.2, 0) is 6.54 Å². The number of halogens is 1. The van der Waals surface area contributed by atoms with Gasteiger partial charge in [0.25, 0.3) is 0 Å². The monoisotopic (exact) mass is 284 g/mol. The highest BCUT2D eigenvalue weighted by atomic mass is 35.5. The number of benzene rings is 1. The normalized spacial score (nSPS) is 22.1. The van der Waals surface area contributed by atoms with Gasteiger partial charge in [0, 0.05) is 24.7 Å². The van der Waals surface area contributed by atoms with Crippen molar-refractivity contribution in [3.63, 3.8) is 0 Å². The first-order valence-electron chi connectivity index (χ1n) is 6.64. The van der Waals surface area contributed by atoms with Gasteiger partial charge in [0.05, 0.1) is 0 Å². The fraction of sp³-hybridized carbons (Fsp3) is 0.571. The molecule has 4 nitrogen and oxygen atoms in total. The number of fused-ring (bicyclic) bond motifs is 1. The first-order chi connectivity index (χ1) is 8.86. The molecule has 0 saturated carbocycles. The zero-order valence-corrected chi connectivity index (χ0v) is 12.0. The average Bonchev–Trinajstić information content (AvgIpc) is 2.88. The van der Waals surface area contributed by atoms with E-state index in [0.29, 0.717) is 12.8 Å². The lowest BCUT2D eigenvalue weighted by Gasteiger charge is -2.32. The van der Waals surface area contributed by atoms with Crippen molar-refractivity contribution in [3.05, 3.63) is 23.8 Å². The van der Waals surface area contributed by atoms with Crippen molar-refractivity contribution in [1.29, 1.82) is 0 Å². The summed E-state index contributed by atoms with van der Waals surface area (Å²) in [7, 11) is 2.05. The highest BCUT2D eigenvalue weighted by molar-refractivity contribution is 5.85. The first-order valence-corrected chi connectivity index (χ1v) is 6.64. The summed E-state index contributed by atoms with van der Waals surface area (Å²) >= 11 is 0. The number of ether oxygens (including phenoxy) is 2. The number of rotatable bonds is 3. The summed E-state index contributed by atoms with van der Waals surface area (Å²) in [6.45, 7) is 3.58. The Morgan fingerprint density at radius 3 is 3.11 bits per heavy atom. The van der Waals surface area contributed by atoms with Crippen LogP contribution in [-0.4, -0.2) is 37.9 Å². The van der Waals surface area contributed by atoms with Gasteiger partial charge in [-0.1, -0.05) is 12.1 Å². The lowest BCUT2D eigenvalue weighted by molar-refractivity contribution is 0.167. The molecule has 0 amide bonds. The van der Waals surface area contributed by atoms with Gasteiger partial charge >= 0.3 is 0 Å². The summed E-state index contributed by atoms with van der Waals surface area (Å²) in [6, 6.07) is 6.77. The van der Waals surface area contributed by atoms with Crippen LogP contribution < -0.4 is 14.8 Å². The number of likely N-dealkylation sites (tertiary alicyclic amines) is 1. The number of likely N-dealkylation sites (N-methyl/N-ethyl adjacent to an activating group) is 1. The van der Waals surface area contributed by atoms with Gasteiger partial charge in [0.2, 0.25) is 6.79 Å². The molecule has 1 N–H and O–H groups in total. The fourth-order valence-electron chi connectivity index (χ4n) is 2.79. The van der Waals surface area contributed by atoms with Gasteiger partial charge in [0.15, 0.2) is 11.5 Å². The Balaban J connectivity index is 0.00000133. The SMILES string of the molecule is CNC1CCCN(Cc2cccc3c2OCO3)C1.Cl. The smallest absolute Gasteiger partial charge is 0.231 e. The van der Waals surface area contributed by atoms with Crippen molar-refractivity contribution in [2.75, 3.05) is 26.9 Å². The molecule has 1 fully saturated rings. The highest BCUT2D eigenvalue weighted by Gasteiger charge is 2.22. The minimum Gasteiger partial charge on any atom is -0.454 e. The van der Waals surface area contributed by atoms with E-state index >= 15 is 0 Å². The van der Waals surface area contributed by atoms with E-state index in [0.717, 1.165) is 24.6 Å². The third kappa shape index (κ3) is 3.14. The third-order valence-electron chi connectivity index (χ3n) is 3.79. The van der Waals surface area contributed by atoms with Crippen LogP contribution in [0.5, 0.6) is 11.5 Å². The second kappa shape index (κ2) is 6.46. The quantitative estimate of drug-likeness (QED) is 0.921. The van der Waals surface area contributed by atoms with Crippen LogP contribution in [0.15, 0.2) is 18.2 Å². The Labute approximate surface area is 120 Å². The molecule has 2 aliphatic heterocycles. The number of hydrogen-bond acceptors (Lipinski definition) is 4. The zero-order chi connectivity index (χ0) is 12.4. The lowest BCUT2D eigenvalue weighted by Crippen LogP contribution is -2.43. The van der Waals surface area contributed by atoms with Crippen molar-refractivity contribution < 1.29 is 9.47 Å². The predicted octanol–water partition coefficient (Wildman–Crippen LogP) is 2.02. The number of nitrogens with zero attached hydrogens (tertiary/aromatic N) is 1. The second-order valence-corrected chi connectivity index (χ2v) is 5.01. The summed E-state index contributed by atoms with van der Waals surface area (Å²) < 4.78 is 11.0. The van der Waals surface area contributed by atoms with Crippen LogP contribution in [0.3, 0.4) is 0 Å². The van der Waals surface area contributed by atoms with Gasteiger partial charge < -0.3 is 14.8 Å². The van der Waals surface area contributed by atoms with Gasteiger partial charge in [-0.15, -0.1) is 12.4 Å². The number of nitrogens with one attached hydrogen (secondary N) is 1. The standard InChI is InChI=1S/C14H20N2O2.ClH/c1-15-12-5-3-7-16(9-12)8-11-4-2-6-13-14(11)18-10-17-13;/h2,4,6,12,15H,3,5,7-10H2,1H3;1H. The first kappa shape index (κ1) is 14.4. The lowest BCUT2D eigenvalue weighted by atomic mass is 10.0. The van der Waals surface area contributed by atoms with E-state index < -0.39 is 0 Å². The highest BCUT2D eigenvalue weighted by Crippen LogP contribution is 2.36. The van der Waals surface area contributed by atoms with Crippen LogP contribution in [0.4, 0.5) is 0 Å². The maximum absolute atomic E-state index is 5.56. The van der Waals surface area contributed by atoms with Crippen molar-refractivity contribution >= 4 is 12.4 Å². The van der Waals surface area contributed by atoms with Crippen LogP contribution in [0.2, 0.25) is 0 Å². The van der Waals surface area contributed by atoms with Gasteiger partial charge in [-0.05, 0) is 32.5 Å². The molecular formula is C14H21ClN2O2. The Bertz CT molecular complexity index is 428. The minimum absolute atomic E-state index is 0. The van der Waals surface area contributed by atoms with E-state index in [9.17, 15) is 0 Å². The zero-order valence-electron chi connectivity index (χ0n) is 11.2. The minimum atomic E-state index is 0. The molecule has 0 spiro atoms. The summed E-state index contributed by atoms with van der Waals surface area (Å²) in [5.74, 6) is 1.82. The van der Waals surface area contributed by atoms with Crippen LogP contribution in [0.25, 0.3) is 0 Å². The summed E-state index contributed by atoms with van der Waals surface area (Å²) in [5.41, 5.74) is 1.24. The molecule has 1 aromatic rings. The molecule has 106 valence electrons. The molecule has 0 aliphatic carbocycles. The fourth-order valence-corrected chi connectivity index (χ4v) is 2.79. The van der Waals surface area contributed by atoms with Gasteiger partial charge in [0.1, 0.15) is 0 Å². The van der Waals surface area contributed by atoms with E-state index in [4.69, 9.17) is 9.47 Å². The molecular weight excluding hydrogens is 264 g/mol. The largest absolute Gasteiger partial charge is 0.454 e. The van der Waals surface area contributed by atoms with E-state index in [1.807, 2.05) is 19.2 Å². The molecule has 3 rings (SSSR count). The van der Waals surface area contributed by atoms with Crippen molar-refractivity contribution in [2.24, 2.45) is 0 Å². The van der Waals surface area contributed by atoms with E-state index in [2.05, 4.69) is 16.3 Å². The molecule has 1 aromatic carbocycles. The van der Waals surface area contributed by atoms with Crippen molar-refractivity contribution in [2.45, 2.75) is 25.4 Å². The van der Waals surface area contributed by atoms with E-state index in [1.54, 1.807) is 0 Å². The Hall–Kier alpha value is -0.970. The van der Waals surface area contributed by atoms with Crippen LogP contribution >= 0.6 is 12.4 Å². The molecule has 1 atom stereocenters.